The Morgan fingerprint density at radius 2 is 2.05 bits per heavy atom. The van der Waals surface area contributed by atoms with Crippen molar-refractivity contribution in [3.8, 4) is 5.75 Å². The number of nitrogens with one attached hydrogen (secondary N) is 1. The van der Waals surface area contributed by atoms with Gasteiger partial charge in [0.2, 0.25) is 0 Å². The van der Waals surface area contributed by atoms with Crippen LogP contribution >= 0.6 is 0 Å². The first-order chi connectivity index (χ1) is 10.6. The molecular weight excluding hydrogens is 276 g/mol. The zero-order chi connectivity index (χ0) is 15.3. The third-order valence-electron chi connectivity index (χ3n) is 4.65. The summed E-state index contributed by atoms with van der Waals surface area (Å²) < 4.78 is 7.93. The van der Waals surface area contributed by atoms with Gasteiger partial charge >= 0.3 is 0 Å². The largest absolute Gasteiger partial charge is 0.491 e. The van der Waals surface area contributed by atoms with Crippen molar-refractivity contribution >= 4 is 5.91 Å². The summed E-state index contributed by atoms with van der Waals surface area (Å²) in [5.41, 5.74) is 4.10. The zero-order valence-corrected chi connectivity index (χ0v) is 12.9. The van der Waals surface area contributed by atoms with Gasteiger partial charge in [0, 0.05) is 23.0 Å². The second-order valence-electron chi connectivity index (χ2n) is 6.26. The van der Waals surface area contributed by atoms with Crippen LogP contribution in [0.5, 0.6) is 5.75 Å². The molecule has 0 radical (unpaired) electrons. The van der Waals surface area contributed by atoms with Crippen LogP contribution in [0.15, 0.2) is 30.3 Å². The predicted octanol–water partition coefficient (Wildman–Crippen LogP) is 3.30. The van der Waals surface area contributed by atoms with Crippen LogP contribution in [0.3, 0.4) is 0 Å². The van der Waals surface area contributed by atoms with E-state index in [1.54, 1.807) is 0 Å². The predicted molar refractivity (Wildman–Crippen MR) is 84.3 cm³/mol. The molecule has 0 saturated heterocycles. The van der Waals surface area contributed by atoms with Crippen LogP contribution in [-0.4, -0.2) is 17.1 Å². The Morgan fingerprint density at radius 3 is 2.82 bits per heavy atom. The maximum Gasteiger partial charge on any atom is 0.253 e. The van der Waals surface area contributed by atoms with E-state index in [4.69, 9.17) is 4.74 Å². The molecule has 1 N–H and O–H groups in total. The maximum absolute atomic E-state index is 12.7. The van der Waals surface area contributed by atoms with Crippen molar-refractivity contribution in [1.29, 1.82) is 0 Å². The summed E-state index contributed by atoms with van der Waals surface area (Å²) >= 11 is 0. The van der Waals surface area contributed by atoms with E-state index in [9.17, 15) is 4.79 Å². The van der Waals surface area contributed by atoms with E-state index in [-0.39, 0.29) is 11.9 Å². The van der Waals surface area contributed by atoms with E-state index in [2.05, 4.69) is 16.8 Å². The van der Waals surface area contributed by atoms with E-state index in [1.807, 2.05) is 37.3 Å². The molecule has 1 aliphatic carbocycles. The van der Waals surface area contributed by atoms with Gasteiger partial charge in [0.05, 0.1) is 11.6 Å². The van der Waals surface area contributed by atoms with Gasteiger partial charge in [0.1, 0.15) is 12.4 Å². The number of rotatable bonds is 3. The third kappa shape index (κ3) is 2.10. The molecular formula is C18H20N2O2. The Morgan fingerprint density at radius 1 is 1.27 bits per heavy atom. The summed E-state index contributed by atoms with van der Waals surface area (Å²) in [7, 11) is 0. The van der Waals surface area contributed by atoms with Gasteiger partial charge in [0.15, 0.2) is 0 Å². The lowest BCUT2D eigenvalue weighted by Crippen LogP contribution is -2.29. The first-order valence-corrected chi connectivity index (χ1v) is 7.86. The lowest BCUT2D eigenvalue weighted by atomic mass is 10.1. The Hall–Kier alpha value is -2.23. The van der Waals surface area contributed by atoms with Crippen molar-refractivity contribution in [2.75, 3.05) is 6.61 Å². The van der Waals surface area contributed by atoms with Crippen LogP contribution in [0.4, 0.5) is 0 Å². The summed E-state index contributed by atoms with van der Waals surface area (Å²) in [5.74, 6) is 0.863. The average molecular weight is 296 g/mol. The molecule has 2 heterocycles. The fourth-order valence-corrected chi connectivity index (χ4v) is 3.42. The fourth-order valence-electron chi connectivity index (χ4n) is 3.42. The van der Waals surface area contributed by atoms with Crippen molar-refractivity contribution in [3.63, 3.8) is 0 Å². The number of fused-ring (bicyclic) bond motifs is 1. The number of aryl methyl sites for hydroxylation is 1. The van der Waals surface area contributed by atoms with Crippen molar-refractivity contribution in [1.82, 2.24) is 9.88 Å². The van der Waals surface area contributed by atoms with Crippen molar-refractivity contribution in [2.24, 2.45) is 0 Å². The first kappa shape index (κ1) is 13.4. The van der Waals surface area contributed by atoms with Crippen LogP contribution in [0.2, 0.25) is 0 Å². The second-order valence-corrected chi connectivity index (χ2v) is 6.26. The molecule has 0 spiro atoms. The highest BCUT2D eigenvalue weighted by molar-refractivity contribution is 5.96. The quantitative estimate of drug-likeness (QED) is 0.944. The lowest BCUT2D eigenvalue weighted by molar-refractivity contribution is 0.0929. The van der Waals surface area contributed by atoms with E-state index in [0.717, 1.165) is 22.6 Å². The lowest BCUT2D eigenvalue weighted by Gasteiger charge is -2.12. The number of benzene rings is 1. The fraction of sp³-hybridized carbons (Fsp3) is 0.389. The molecule has 0 bridgehead atoms. The molecule has 4 heteroatoms. The number of hydrogen-bond donors (Lipinski definition) is 1. The van der Waals surface area contributed by atoms with Crippen molar-refractivity contribution < 1.29 is 9.53 Å². The highest BCUT2D eigenvalue weighted by atomic mass is 16.5. The first-order valence-electron chi connectivity index (χ1n) is 7.86. The summed E-state index contributed by atoms with van der Waals surface area (Å²) in [4.78, 5) is 12.7. The number of hydrogen-bond acceptors (Lipinski definition) is 2. The van der Waals surface area contributed by atoms with Gasteiger partial charge in [0.25, 0.3) is 5.91 Å². The average Bonchev–Trinajstić information content (AvgIpc) is 3.19. The molecule has 1 aromatic heterocycles. The molecule has 114 valence electrons. The summed E-state index contributed by atoms with van der Waals surface area (Å²) in [6.45, 7) is 4.63. The van der Waals surface area contributed by atoms with E-state index in [0.29, 0.717) is 12.6 Å². The summed E-state index contributed by atoms with van der Waals surface area (Å²) in [5, 5.41) is 3.11. The number of carbonyl (C=O) groups excluding carboxylic acids is 1. The number of carbonyl (C=O) groups is 1. The van der Waals surface area contributed by atoms with Gasteiger partial charge < -0.3 is 14.6 Å². The van der Waals surface area contributed by atoms with Gasteiger partial charge in [-0.3, -0.25) is 4.79 Å². The van der Waals surface area contributed by atoms with Crippen LogP contribution in [0, 0.1) is 13.8 Å². The highest BCUT2D eigenvalue weighted by Crippen LogP contribution is 2.38. The van der Waals surface area contributed by atoms with Crippen LogP contribution in [0.25, 0.3) is 0 Å². The van der Waals surface area contributed by atoms with Gasteiger partial charge in [-0.2, -0.15) is 0 Å². The molecule has 1 atom stereocenters. The molecule has 1 fully saturated rings. The maximum atomic E-state index is 12.7. The van der Waals surface area contributed by atoms with Crippen molar-refractivity contribution in [2.45, 2.75) is 38.8 Å². The van der Waals surface area contributed by atoms with E-state index >= 15 is 0 Å². The van der Waals surface area contributed by atoms with Gasteiger partial charge in [-0.25, -0.2) is 0 Å². The molecule has 22 heavy (non-hydrogen) atoms. The van der Waals surface area contributed by atoms with Gasteiger partial charge in [-0.1, -0.05) is 18.2 Å². The summed E-state index contributed by atoms with van der Waals surface area (Å²) in [6.07, 6.45) is 2.45. The molecule has 4 nitrogen and oxygen atoms in total. The number of aromatic nitrogens is 1. The Bertz CT molecular complexity index is 744. The summed E-state index contributed by atoms with van der Waals surface area (Å²) in [6, 6.07) is 10.4. The number of amides is 1. The van der Waals surface area contributed by atoms with Gasteiger partial charge in [-0.05, 0) is 38.8 Å². The molecule has 1 aliphatic heterocycles. The van der Waals surface area contributed by atoms with Gasteiger partial charge in [-0.15, -0.1) is 0 Å². The van der Waals surface area contributed by atoms with Crippen LogP contribution in [-0.2, 0) is 0 Å². The molecule has 1 aromatic carbocycles. The third-order valence-corrected chi connectivity index (χ3v) is 4.65. The molecule has 2 aromatic rings. The van der Waals surface area contributed by atoms with E-state index in [1.165, 1.54) is 18.5 Å². The molecule has 1 amide bonds. The standard InChI is InChI=1S/C18H20N2O2/c1-11-9-15(12(2)20(11)13-7-8-13)18(21)19-16-10-22-17-6-4-3-5-14(16)17/h3-6,9,13,16H,7-8,10H2,1-2H3,(H,19,21). The topological polar surface area (TPSA) is 43.3 Å². The molecule has 4 rings (SSSR count). The Kier molecular flexibility index (Phi) is 2.99. The minimum atomic E-state index is -0.0623. The smallest absolute Gasteiger partial charge is 0.253 e. The Labute approximate surface area is 130 Å². The number of para-hydroxylation sites is 1. The normalized spacial score (nSPS) is 19.6. The van der Waals surface area contributed by atoms with Crippen LogP contribution < -0.4 is 10.1 Å². The van der Waals surface area contributed by atoms with Crippen molar-refractivity contribution in [3.05, 3.63) is 52.8 Å². The molecule has 2 aliphatic rings. The number of nitrogens with zero attached hydrogens (tertiary/aromatic N) is 1. The number of ether oxygens (including phenoxy) is 1. The minimum absolute atomic E-state index is 0.00898. The SMILES string of the molecule is Cc1cc(C(=O)NC2COc3ccccc32)c(C)n1C1CC1. The molecule has 1 unspecified atom stereocenters. The Balaban J connectivity index is 1.57. The minimum Gasteiger partial charge on any atom is -0.491 e. The highest BCUT2D eigenvalue weighted by Gasteiger charge is 2.30. The monoisotopic (exact) mass is 296 g/mol. The molecule has 1 saturated carbocycles. The van der Waals surface area contributed by atoms with Crippen LogP contribution in [0.1, 0.15) is 52.2 Å². The zero-order valence-electron chi connectivity index (χ0n) is 12.9. The van der Waals surface area contributed by atoms with E-state index < -0.39 is 0 Å². The second kappa shape index (κ2) is 4.90.